The molecule has 25 heavy (non-hydrogen) atoms. The average molecular weight is 347 g/mol. The number of guanidine groups is 1. The van der Waals surface area contributed by atoms with Crippen molar-refractivity contribution in [3.05, 3.63) is 34.9 Å². The summed E-state index contributed by atoms with van der Waals surface area (Å²) in [5.74, 6) is 0.755. The Kier molecular flexibility index (Phi) is 7.94. The lowest BCUT2D eigenvalue weighted by Crippen LogP contribution is -2.48. The van der Waals surface area contributed by atoms with E-state index in [2.05, 4.69) is 47.7 Å². The van der Waals surface area contributed by atoms with Crippen molar-refractivity contribution in [3.63, 3.8) is 0 Å². The van der Waals surface area contributed by atoms with Gasteiger partial charge in [-0.25, -0.2) is 0 Å². The number of nitrogens with one attached hydrogen (secondary N) is 2. The zero-order chi connectivity index (χ0) is 19.0. The fourth-order valence-electron chi connectivity index (χ4n) is 2.72. The average Bonchev–Trinajstić information content (AvgIpc) is 2.43. The number of likely N-dealkylation sites (N-methyl/N-ethyl adjacent to an activating group) is 1. The Morgan fingerprint density at radius 1 is 1.16 bits per heavy atom. The van der Waals surface area contributed by atoms with E-state index in [4.69, 9.17) is 0 Å². The molecule has 0 fully saturated rings. The Bertz CT molecular complexity index is 582. The molecule has 0 radical (unpaired) electrons. The van der Waals surface area contributed by atoms with Crippen molar-refractivity contribution in [2.24, 2.45) is 4.99 Å². The molecule has 0 saturated carbocycles. The molecule has 1 rings (SSSR count). The topological polar surface area (TPSA) is 56.7 Å². The van der Waals surface area contributed by atoms with Crippen LogP contribution in [0.1, 0.15) is 44.4 Å². The van der Waals surface area contributed by atoms with E-state index in [1.54, 1.807) is 0 Å². The third-order valence-corrected chi connectivity index (χ3v) is 3.54. The van der Waals surface area contributed by atoms with E-state index in [0.717, 1.165) is 18.9 Å². The minimum Gasteiger partial charge on any atom is -0.357 e. The molecule has 5 nitrogen and oxygen atoms in total. The standard InChI is InChI=1S/C20H34N4O/c1-8-21-19(24(7)14-18(25)23-20(4,5)6)22-10-9-17-12-15(2)11-16(3)13-17/h11-13H,8-10,14H2,1-7H3,(H,21,22)(H,23,25). The van der Waals surface area contributed by atoms with E-state index in [1.807, 2.05) is 39.6 Å². The predicted molar refractivity (Wildman–Crippen MR) is 106 cm³/mol. The number of aliphatic imine (C=N–C) groups is 1. The number of hydrogen-bond donors (Lipinski definition) is 2. The summed E-state index contributed by atoms with van der Waals surface area (Å²) < 4.78 is 0. The highest BCUT2D eigenvalue weighted by atomic mass is 16.2. The first-order valence-electron chi connectivity index (χ1n) is 8.98. The van der Waals surface area contributed by atoms with Crippen molar-refractivity contribution in [1.29, 1.82) is 0 Å². The number of benzene rings is 1. The third kappa shape index (κ3) is 8.57. The summed E-state index contributed by atoms with van der Waals surface area (Å²) >= 11 is 0. The minimum atomic E-state index is -0.226. The second-order valence-corrected chi connectivity index (χ2v) is 7.64. The van der Waals surface area contributed by atoms with Gasteiger partial charge in [0.1, 0.15) is 0 Å². The molecular weight excluding hydrogens is 312 g/mol. The fourth-order valence-corrected chi connectivity index (χ4v) is 2.72. The van der Waals surface area contributed by atoms with Gasteiger partial charge in [-0.3, -0.25) is 9.79 Å². The van der Waals surface area contributed by atoms with Gasteiger partial charge < -0.3 is 15.5 Å². The molecule has 0 aromatic heterocycles. The van der Waals surface area contributed by atoms with Gasteiger partial charge in [-0.05, 0) is 53.5 Å². The summed E-state index contributed by atoms with van der Waals surface area (Å²) in [7, 11) is 1.89. The SMILES string of the molecule is CCNC(=NCCc1cc(C)cc(C)c1)N(C)CC(=O)NC(C)(C)C. The van der Waals surface area contributed by atoms with E-state index in [9.17, 15) is 4.79 Å². The van der Waals surface area contributed by atoms with Crippen LogP contribution in [0.2, 0.25) is 0 Å². The number of carbonyl (C=O) groups is 1. The zero-order valence-corrected chi connectivity index (χ0v) is 16.9. The number of nitrogens with zero attached hydrogens (tertiary/aromatic N) is 2. The molecule has 0 atom stereocenters. The quantitative estimate of drug-likeness (QED) is 0.615. The number of amides is 1. The lowest BCUT2D eigenvalue weighted by atomic mass is 10.1. The molecule has 0 unspecified atom stereocenters. The van der Waals surface area contributed by atoms with E-state index in [1.165, 1.54) is 16.7 Å². The molecule has 0 saturated heterocycles. The van der Waals surface area contributed by atoms with Crippen molar-refractivity contribution in [3.8, 4) is 0 Å². The summed E-state index contributed by atoms with van der Waals surface area (Å²) in [6.07, 6.45) is 0.888. The maximum absolute atomic E-state index is 12.1. The monoisotopic (exact) mass is 346 g/mol. The van der Waals surface area contributed by atoms with Crippen LogP contribution in [0.25, 0.3) is 0 Å². The molecule has 0 aliphatic carbocycles. The molecule has 0 aliphatic heterocycles. The minimum absolute atomic E-state index is 0.00471. The van der Waals surface area contributed by atoms with Crippen molar-refractivity contribution in [1.82, 2.24) is 15.5 Å². The molecule has 5 heteroatoms. The Morgan fingerprint density at radius 2 is 1.76 bits per heavy atom. The van der Waals surface area contributed by atoms with E-state index >= 15 is 0 Å². The first-order chi connectivity index (χ1) is 11.6. The molecule has 0 heterocycles. The number of aryl methyl sites for hydroxylation is 2. The highest BCUT2D eigenvalue weighted by molar-refractivity contribution is 5.86. The van der Waals surface area contributed by atoms with Crippen LogP contribution >= 0.6 is 0 Å². The van der Waals surface area contributed by atoms with Crippen molar-refractivity contribution in [2.45, 2.75) is 53.5 Å². The van der Waals surface area contributed by atoms with E-state index in [-0.39, 0.29) is 18.0 Å². The Morgan fingerprint density at radius 3 is 2.28 bits per heavy atom. The highest BCUT2D eigenvalue weighted by Crippen LogP contribution is 2.09. The van der Waals surface area contributed by atoms with Crippen LogP contribution < -0.4 is 10.6 Å². The Labute approximate surface area is 152 Å². The molecule has 0 spiro atoms. The lowest BCUT2D eigenvalue weighted by molar-refractivity contribution is -0.122. The van der Waals surface area contributed by atoms with Gasteiger partial charge in [0.25, 0.3) is 0 Å². The first kappa shape index (κ1) is 21.0. The van der Waals surface area contributed by atoms with Crippen LogP contribution in [0.4, 0.5) is 0 Å². The Balaban J connectivity index is 2.67. The van der Waals surface area contributed by atoms with Gasteiger partial charge in [-0.15, -0.1) is 0 Å². The van der Waals surface area contributed by atoms with Crippen LogP contribution in [0.5, 0.6) is 0 Å². The van der Waals surface area contributed by atoms with E-state index in [0.29, 0.717) is 6.54 Å². The molecule has 140 valence electrons. The van der Waals surface area contributed by atoms with Crippen molar-refractivity contribution < 1.29 is 4.79 Å². The van der Waals surface area contributed by atoms with Gasteiger partial charge in [0, 0.05) is 25.7 Å². The van der Waals surface area contributed by atoms with Gasteiger partial charge >= 0.3 is 0 Å². The maximum Gasteiger partial charge on any atom is 0.240 e. The third-order valence-electron chi connectivity index (χ3n) is 3.54. The van der Waals surface area contributed by atoms with Crippen LogP contribution in [-0.2, 0) is 11.2 Å². The largest absolute Gasteiger partial charge is 0.357 e. The zero-order valence-electron chi connectivity index (χ0n) is 16.9. The molecule has 1 aromatic rings. The normalized spacial score (nSPS) is 12.0. The van der Waals surface area contributed by atoms with Gasteiger partial charge in [0.15, 0.2) is 5.96 Å². The molecule has 2 N–H and O–H groups in total. The summed E-state index contributed by atoms with van der Waals surface area (Å²) in [6.45, 7) is 14.0. The van der Waals surface area contributed by atoms with Gasteiger partial charge in [0.2, 0.25) is 5.91 Å². The van der Waals surface area contributed by atoms with Gasteiger partial charge in [0.05, 0.1) is 6.54 Å². The Hall–Kier alpha value is -2.04. The van der Waals surface area contributed by atoms with Crippen LogP contribution in [0.3, 0.4) is 0 Å². The summed E-state index contributed by atoms with van der Waals surface area (Å²) in [6, 6.07) is 6.59. The summed E-state index contributed by atoms with van der Waals surface area (Å²) in [5, 5.41) is 6.23. The fraction of sp³-hybridized carbons (Fsp3) is 0.600. The number of hydrogen-bond acceptors (Lipinski definition) is 2. The lowest BCUT2D eigenvalue weighted by Gasteiger charge is -2.25. The molecule has 0 aliphatic rings. The van der Waals surface area contributed by atoms with Crippen LogP contribution in [0.15, 0.2) is 23.2 Å². The number of rotatable bonds is 6. The molecular formula is C20H34N4O. The molecule has 0 bridgehead atoms. The predicted octanol–water partition coefficient (Wildman–Crippen LogP) is 2.66. The first-order valence-corrected chi connectivity index (χ1v) is 8.98. The second kappa shape index (κ2) is 9.44. The molecule has 1 aromatic carbocycles. The van der Waals surface area contributed by atoms with Crippen LogP contribution in [-0.4, -0.2) is 49.0 Å². The number of carbonyl (C=O) groups excluding carboxylic acids is 1. The summed E-state index contributed by atoms with van der Waals surface area (Å²) in [5.41, 5.74) is 3.63. The second-order valence-electron chi connectivity index (χ2n) is 7.64. The van der Waals surface area contributed by atoms with Crippen molar-refractivity contribution >= 4 is 11.9 Å². The molecule has 1 amide bonds. The van der Waals surface area contributed by atoms with Crippen LogP contribution in [0, 0.1) is 13.8 Å². The summed E-state index contributed by atoms with van der Waals surface area (Å²) in [4.78, 5) is 18.6. The smallest absolute Gasteiger partial charge is 0.240 e. The maximum atomic E-state index is 12.1. The van der Waals surface area contributed by atoms with Crippen molar-refractivity contribution in [2.75, 3.05) is 26.7 Å². The van der Waals surface area contributed by atoms with Gasteiger partial charge in [-0.2, -0.15) is 0 Å². The van der Waals surface area contributed by atoms with Gasteiger partial charge in [-0.1, -0.05) is 29.3 Å². The highest BCUT2D eigenvalue weighted by Gasteiger charge is 2.16. The van der Waals surface area contributed by atoms with E-state index < -0.39 is 0 Å².